The molecule has 1 aromatic carbocycles. The monoisotopic (exact) mass is 233 g/mol. The topological polar surface area (TPSA) is 54.9 Å². The molecule has 2 aliphatic heterocycles. The minimum atomic E-state index is 0.311. The number of ether oxygens (including phenoxy) is 2. The lowest BCUT2D eigenvalue weighted by atomic mass is 10.2. The molecule has 0 amide bonds. The van der Waals surface area contributed by atoms with Gasteiger partial charge in [0.05, 0.1) is 0 Å². The number of guanidine groups is 1. The zero-order valence-electron chi connectivity index (χ0n) is 9.53. The van der Waals surface area contributed by atoms with Crippen molar-refractivity contribution in [2.45, 2.75) is 13.0 Å². The number of hydrogen-bond acceptors (Lipinski definition) is 5. The summed E-state index contributed by atoms with van der Waals surface area (Å²) in [4.78, 5) is 4.36. The fraction of sp³-hybridized carbons (Fsp3) is 0.417. The van der Waals surface area contributed by atoms with Crippen molar-refractivity contribution in [3.63, 3.8) is 0 Å². The van der Waals surface area contributed by atoms with Crippen molar-refractivity contribution in [2.75, 3.05) is 19.9 Å². The molecule has 0 unspecified atom stereocenters. The Balaban J connectivity index is 1.69. The molecule has 0 bridgehead atoms. The summed E-state index contributed by atoms with van der Waals surface area (Å²) in [6, 6.07) is 5.92. The fourth-order valence-electron chi connectivity index (χ4n) is 1.96. The van der Waals surface area contributed by atoms with E-state index in [4.69, 9.17) is 9.47 Å². The van der Waals surface area contributed by atoms with Crippen molar-refractivity contribution in [1.29, 1.82) is 0 Å². The zero-order chi connectivity index (χ0) is 11.5. The van der Waals surface area contributed by atoms with Gasteiger partial charge in [-0.25, -0.2) is 0 Å². The van der Waals surface area contributed by atoms with Crippen molar-refractivity contribution >= 4 is 5.96 Å². The molecular formula is C12H15N3O2. The summed E-state index contributed by atoms with van der Waals surface area (Å²) < 4.78 is 10.8. The van der Waals surface area contributed by atoms with Crippen LogP contribution in [0.5, 0.6) is 11.5 Å². The van der Waals surface area contributed by atoms with E-state index in [9.17, 15) is 0 Å². The van der Waals surface area contributed by atoms with Crippen LogP contribution in [0, 0.1) is 0 Å². The Kier molecular flexibility index (Phi) is 2.73. The van der Waals surface area contributed by atoms with Crippen LogP contribution in [-0.4, -0.2) is 25.8 Å². The number of nitrogens with one attached hydrogen (secondary N) is 2. The molecule has 5 heteroatoms. The maximum atomic E-state index is 5.45. The van der Waals surface area contributed by atoms with E-state index >= 15 is 0 Å². The molecule has 2 aliphatic rings. The lowest BCUT2D eigenvalue weighted by Gasteiger charge is -2.16. The highest BCUT2D eigenvalue weighted by Gasteiger charge is 2.17. The van der Waals surface area contributed by atoms with Crippen LogP contribution in [0.25, 0.3) is 0 Å². The average molecular weight is 233 g/mol. The van der Waals surface area contributed by atoms with Crippen LogP contribution in [0.3, 0.4) is 0 Å². The second-order valence-corrected chi connectivity index (χ2v) is 4.02. The molecule has 2 heterocycles. The van der Waals surface area contributed by atoms with Gasteiger partial charge < -0.3 is 20.1 Å². The standard InChI is InChI=1S/C12H15N3O2/c1-3-9(11-10(4-1)16-8-17-11)7-15-12-13-5-2-6-14-12/h1,3-4H,2,5-8H2,(H2,13,14,15). The van der Waals surface area contributed by atoms with Crippen molar-refractivity contribution < 1.29 is 9.47 Å². The summed E-state index contributed by atoms with van der Waals surface area (Å²) in [5, 5.41) is 6.49. The highest BCUT2D eigenvalue weighted by molar-refractivity contribution is 5.80. The first-order valence-electron chi connectivity index (χ1n) is 5.83. The zero-order valence-corrected chi connectivity index (χ0v) is 9.53. The maximum Gasteiger partial charge on any atom is 0.231 e. The number of rotatable bonds is 2. The Labute approximate surface area is 99.8 Å². The molecule has 0 fully saturated rings. The van der Waals surface area contributed by atoms with Crippen LogP contribution in [-0.2, 0) is 6.54 Å². The molecule has 17 heavy (non-hydrogen) atoms. The lowest BCUT2D eigenvalue weighted by Crippen LogP contribution is -2.40. The van der Waals surface area contributed by atoms with Crippen LogP contribution in [0.2, 0.25) is 0 Å². The van der Waals surface area contributed by atoms with Crippen LogP contribution in [0.15, 0.2) is 23.2 Å². The molecule has 3 rings (SSSR count). The number of fused-ring (bicyclic) bond motifs is 1. The normalized spacial score (nSPS) is 17.3. The minimum absolute atomic E-state index is 0.311. The van der Waals surface area contributed by atoms with Crippen molar-refractivity contribution in [3.05, 3.63) is 23.8 Å². The highest BCUT2D eigenvalue weighted by Crippen LogP contribution is 2.35. The van der Waals surface area contributed by atoms with E-state index in [1.54, 1.807) is 0 Å². The quantitative estimate of drug-likeness (QED) is 0.795. The smallest absolute Gasteiger partial charge is 0.231 e. The van der Waals surface area contributed by atoms with Gasteiger partial charge >= 0.3 is 0 Å². The highest BCUT2D eigenvalue weighted by atomic mass is 16.7. The predicted octanol–water partition coefficient (Wildman–Crippen LogP) is 0.854. The van der Waals surface area contributed by atoms with Crippen LogP contribution in [0.1, 0.15) is 12.0 Å². The van der Waals surface area contributed by atoms with E-state index in [0.717, 1.165) is 42.5 Å². The van der Waals surface area contributed by atoms with E-state index < -0.39 is 0 Å². The van der Waals surface area contributed by atoms with Gasteiger partial charge in [-0.3, -0.25) is 4.99 Å². The number of nitrogens with zero attached hydrogens (tertiary/aromatic N) is 1. The molecule has 90 valence electrons. The summed E-state index contributed by atoms with van der Waals surface area (Å²) in [7, 11) is 0. The van der Waals surface area contributed by atoms with Gasteiger partial charge in [0, 0.05) is 25.2 Å². The van der Waals surface area contributed by atoms with Gasteiger partial charge in [0.15, 0.2) is 17.5 Å². The fourth-order valence-corrected chi connectivity index (χ4v) is 1.96. The number of hydrogen-bond donors (Lipinski definition) is 2. The van der Waals surface area contributed by atoms with E-state index in [2.05, 4.69) is 15.6 Å². The Bertz CT molecular complexity index is 445. The third-order valence-corrected chi connectivity index (χ3v) is 2.82. The summed E-state index contributed by atoms with van der Waals surface area (Å²) in [6.45, 7) is 2.88. The second-order valence-electron chi connectivity index (χ2n) is 4.02. The summed E-state index contributed by atoms with van der Waals surface area (Å²) >= 11 is 0. The van der Waals surface area contributed by atoms with Crippen LogP contribution >= 0.6 is 0 Å². The number of para-hydroxylation sites is 1. The van der Waals surface area contributed by atoms with Crippen LogP contribution in [0.4, 0.5) is 0 Å². The van der Waals surface area contributed by atoms with E-state index in [0.29, 0.717) is 13.3 Å². The lowest BCUT2D eigenvalue weighted by molar-refractivity contribution is 0.173. The van der Waals surface area contributed by atoms with E-state index in [-0.39, 0.29) is 0 Å². The van der Waals surface area contributed by atoms with Crippen molar-refractivity contribution in [2.24, 2.45) is 4.99 Å². The van der Waals surface area contributed by atoms with Gasteiger partial charge in [-0.15, -0.1) is 0 Å². The number of aliphatic imine (C=N–C) groups is 1. The average Bonchev–Trinajstić information content (AvgIpc) is 2.86. The minimum Gasteiger partial charge on any atom is -0.454 e. The summed E-state index contributed by atoms with van der Waals surface area (Å²) in [6.07, 6.45) is 1.10. The molecule has 0 atom stereocenters. The SMILES string of the molecule is c1cc(CNC2=NCCCN2)c2c(c1)OCO2. The third kappa shape index (κ3) is 2.13. The first-order valence-corrected chi connectivity index (χ1v) is 5.83. The third-order valence-electron chi connectivity index (χ3n) is 2.82. The Morgan fingerprint density at radius 3 is 3.24 bits per heavy atom. The van der Waals surface area contributed by atoms with Gasteiger partial charge in [0.25, 0.3) is 0 Å². The molecule has 0 radical (unpaired) electrons. The molecule has 5 nitrogen and oxygen atoms in total. The van der Waals surface area contributed by atoms with Crippen LogP contribution < -0.4 is 20.1 Å². The van der Waals surface area contributed by atoms with E-state index in [1.165, 1.54) is 0 Å². The van der Waals surface area contributed by atoms with Gasteiger partial charge in [-0.2, -0.15) is 0 Å². The Morgan fingerprint density at radius 1 is 1.35 bits per heavy atom. The molecule has 0 aliphatic carbocycles. The van der Waals surface area contributed by atoms with Gasteiger partial charge in [-0.05, 0) is 12.5 Å². The summed E-state index contributed by atoms with van der Waals surface area (Å²) in [5.41, 5.74) is 1.09. The number of benzene rings is 1. The Hall–Kier alpha value is -1.91. The molecule has 0 saturated carbocycles. The first kappa shape index (κ1) is 10.3. The molecule has 0 spiro atoms. The molecular weight excluding hydrogens is 218 g/mol. The largest absolute Gasteiger partial charge is 0.454 e. The van der Waals surface area contributed by atoms with Gasteiger partial charge in [-0.1, -0.05) is 12.1 Å². The summed E-state index contributed by atoms with van der Waals surface area (Å²) in [5.74, 6) is 2.53. The van der Waals surface area contributed by atoms with Gasteiger partial charge in [0.2, 0.25) is 6.79 Å². The second kappa shape index (κ2) is 4.53. The predicted molar refractivity (Wildman–Crippen MR) is 64.3 cm³/mol. The van der Waals surface area contributed by atoms with Crippen molar-refractivity contribution in [1.82, 2.24) is 10.6 Å². The maximum absolute atomic E-state index is 5.45. The van der Waals surface area contributed by atoms with E-state index in [1.807, 2.05) is 18.2 Å². The molecule has 2 N–H and O–H groups in total. The first-order chi connectivity index (χ1) is 8.43. The van der Waals surface area contributed by atoms with Gasteiger partial charge in [0.1, 0.15) is 0 Å². The molecule has 1 aromatic rings. The Morgan fingerprint density at radius 2 is 2.35 bits per heavy atom. The van der Waals surface area contributed by atoms with Crippen molar-refractivity contribution in [3.8, 4) is 11.5 Å². The molecule has 0 aromatic heterocycles. The molecule has 0 saturated heterocycles.